The molecule has 0 aliphatic carbocycles. The highest BCUT2D eigenvalue weighted by molar-refractivity contribution is 5.91. The Hall–Kier alpha value is -2.60. The van der Waals surface area contributed by atoms with E-state index in [9.17, 15) is 4.79 Å². The Balaban J connectivity index is 1.55. The maximum atomic E-state index is 12.3. The molecule has 0 bridgehead atoms. The standard InChI is InChI=1S/C21H27N3O3/c1-26-19-6-5-18(13-20(19)27-15-17-3-2-10-23-14-17)24-21(25)7-4-16-8-11-22-12-9-16/h2-3,5-6,10,13-14,16,22H,4,7-9,11-12,15H2,1H3,(H,24,25). The Kier molecular flexibility index (Phi) is 7.04. The number of amides is 1. The van der Waals surface area contributed by atoms with Crippen molar-refractivity contribution in [3.8, 4) is 11.5 Å². The van der Waals surface area contributed by atoms with Crippen molar-refractivity contribution in [1.82, 2.24) is 10.3 Å². The number of methoxy groups -OCH3 is 1. The van der Waals surface area contributed by atoms with Crippen LogP contribution in [0.25, 0.3) is 0 Å². The van der Waals surface area contributed by atoms with Gasteiger partial charge in [0.1, 0.15) is 6.61 Å². The van der Waals surface area contributed by atoms with Gasteiger partial charge >= 0.3 is 0 Å². The van der Waals surface area contributed by atoms with Crippen LogP contribution in [0.3, 0.4) is 0 Å². The lowest BCUT2D eigenvalue weighted by molar-refractivity contribution is -0.116. The van der Waals surface area contributed by atoms with E-state index in [0.29, 0.717) is 36.1 Å². The number of rotatable bonds is 8. The summed E-state index contributed by atoms with van der Waals surface area (Å²) in [6.07, 6.45) is 7.28. The van der Waals surface area contributed by atoms with E-state index < -0.39 is 0 Å². The summed E-state index contributed by atoms with van der Waals surface area (Å²) >= 11 is 0. The molecule has 0 atom stereocenters. The SMILES string of the molecule is COc1ccc(NC(=O)CCC2CCNCC2)cc1OCc1cccnc1. The zero-order chi connectivity index (χ0) is 18.9. The molecular weight excluding hydrogens is 342 g/mol. The lowest BCUT2D eigenvalue weighted by Gasteiger charge is -2.22. The van der Waals surface area contributed by atoms with Gasteiger partial charge in [0.15, 0.2) is 11.5 Å². The fourth-order valence-corrected chi connectivity index (χ4v) is 3.24. The Bertz CT molecular complexity index is 731. The average molecular weight is 369 g/mol. The molecule has 1 fully saturated rings. The highest BCUT2D eigenvalue weighted by Crippen LogP contribution is 2.31. The van der Waals surface area contributed by atoms with Crippen LogP contribution in [0, 0.1) is 5.92 Å². The van der Waals surface area contributed by atoms with Crippen molar-refractivity contribution in [3.05, 3.63) is 48.3 Å². The van der Waals surface area contributed by atoms with Crippen LogP contribution in [0.1, 0.15) is 31.2 Å². The van der Waals surface area contributed by atoms with E-state index in [1.807, 2.05) is 18.2 Å². The Morgan fingerprint density at radius 2 is 2.11 bits per heavy atom. The number of hydrogen-bond acceptors (Lipinski definition) is 5. The molecule has 1 aliphatic heterocycles. The molecule has 2 heterocycles. The summed E-state index contributed by atoms with van der Waals surface area (Å²) in [7, 11) is 1.60. The number of nitrogens with one attached hydrogen (secondary N) is 2. The predicted molar refractivity (Wildman–Crippen MR) is 105 cm³/mol. The van der Waals surface area contributed by atoms with E-state index in [4.69, 9.17) is 9.47 Å². The number of nitrogens with zero attached hydrogens (tertiary/aromatic N) is 1. The monoisotopic (exact) mass is 369 g/mol. The summed E-state index contributed by atoms with van der Waals surface area (Å²) in [5, 5.41) is 6.32. The van der Waals surface area contributed by atoms with Crippen molar-refractivity contribution in [2.45, 2.75) is 32.3 Å². The van der Waals surface area contributed by atoms with Crippen molar-refractivity contribution in [2.24, 2.45) is 5.92 Å². The molecule has 1 amide bonds. The third-order valence-electron chi connectivity index (χ3n) is 4.80. The smallest absolute Gasteiger partial charge is 0.224 e. The van der Waals surface area contributed by atoms with Gasteiger partial charge in [-0.25, -0.2) is 0 Å². The van der Waals surface area contributed by atoms with Gasteiger partial charge in [0.25, 0.3) is 0 Å². The Morgan fingerprint density at radius 3 is 2.85 bits per heavy atom. The Morgan fingerprint density at radius 1 is 1.26 bits per heavy atom. The zero-order valence-corrected chi connectivity index (χ0v) is 15.7. The molecule has 2 N–H and O–H groups in total. The van der Waals surface area contributed by atoms with E-state index in [0.717, 1.165) is 37.9 Å². The molecule has 6 nitrogen and oxygen atoms in total. The number of benzene rings is 1. The zero-order valence-electron chi connectivity index (χ0n) is 15.7. The molecule has 1 aliphatic rings. The highest BCUT2D eigenvalue weighted by Gasteiger charge is 2.15. The van der Waals surface area contributed by atoms with Crippen molar-refractivity contribution in [2.75, 3.05) is 25.5 Å². The van der Waals surface area contributed by atoms with Crippen molar-refractivity contribution >= 4 is 11.6 Å². The second-order valence-corrected chi connectivity index (χ2v) is 6.80. The number of pyridine rings is 1. The van der Waals surface area contributed by atoms with Crippen LogP contribution in [0.5, 0.6) is 11.5 Å². The molecule has 1 aromatic heterocycles. The maximum Gasteiger partial charge on any atom is 0.224 e. The van der Waals surface area contributed by atoms with E-state index in [1.54, 1.807) is 31.6 Å². The van der Waals surface area contributed by atoms with E-state index in [-0.39, 0.29) is 5.91 Å². The van der Waals surface area contributed by atoms with Crippen LogP contribution >= 0.6 is 0 Å². The molecule has 6 heteroatoms. The molecule has 0 saturated carbocycles. The van der Waals surface area contributed by atoms with Gasteiger partial charge in [-0.1, -0.05) is 6.07 Å². The van der Waals surface area contributed by atoms with Crippen LogP contribution in [0.2, 0.25) is 0 Å². The summed E-state index contributed by atoms with van der Waals surface area (Å²) in [5.74, 6) is 1.91. The number of aromatic nitrogens is 1. The van der Waals surface area contributed by atoms with Gasteiger partial charge in [-0.2, -0.15) is 0 Å². The largest absolute Gasteiger partial charge is 0.493 e. The minimum atomic E-state index is 0.0388. The minimum absolute atomic E-state index is 0.0388. The first-order valence-electron chi connectivity index (χ1n) is 9.45. The van der Waals surface area contributed by atoms with Crippen LogP contribution < -0.4 is 20.1 Å². The molecule has 144 valence electrons. The molecule has 0 unspecified atom stereocenters. The summed E-state index contributed by atoms with van der Waals surface area (Å²) in [5.41, 5.74) is 1.68. The highest BCUT2D eigenvalue weighted by atomic mass is 16.5. The molecule has 2 aromatic rings. The van der Waals surface area contributed by atoms with Gasteiger partial charge in [0.2, 0.25) is 5.91 Å². The van der Waals surface area contributed by atoms with Crippen LogP contribution in [-0.2, 0) is 11.4 Å². The van der Waals surface area contributed by atoms with Gasteiger partial charge in [-0.15, -0.1) is 0 Å². The van der Waals surface area contributed by atoms with E-state index in [1.165, 1.54) is 0 Å². The number of ether oxygens (including phenoxy) is 2. The van der Waals surface area contributed by atoms with Crippen LogP contribution in [0.15, 0.2) is 42.7 Å². The summed E-state index contributed by atoms with van der Waals surface area (Å²) < 4.78 is 11.2. The van der Waals surface area contributed by atoms with Crippen LogP contribution in [-0.4, -0.2) is 31.1 Å². The maximum absolute atomic E-state index is 12.3. The van der Waals surface area contributed by atoms with E-state index >= 15 is 0 Å². The quantitative estimate of drug-likeness (QED) is 0.746. The lowest BCUT2D eigenvalue weighted by atomic mass is 9.93. The first kappa shape index (κ1) is 19.2. The van der Waals surface area contributed by atoms with Gasteiger partial charge in [-0.05, 0) is 56.5 Å². The third-order valence-corrected chi connectivity index (χ3v) is 4.80. The fourth-order valence-electron chi connectivity index (χ4n) is 3.24. The van der Waals surface area contributed by atoms with Gasteiger partial charge < -0.3 is 20.1 Å². The average Bonchev–Trinajstić information content (AvgIpc) is 2.72. The van der Waals surface area contributed by atoms with Crippen molar-refractivity contribution < 1.29 is 14.3 Å². The number of carbonyl (C=O) groups is 1. The van der Waals surface area contributed by atoms with Crippen LogP contribution in [0.4, 0.5) is 5.69 Å². The molecule has 0 radical (unpaired) electrons. The Labute approximate surface area is 160 Å². The summed E-state index contributed by atoms with van der Waals surface area (Å²) in [4.78, 5) is 16.4. The molecule has 27 heavy (non-hydrogen) atoms. The number of carbonyl (C=O) groups excluding carboxylic acids is 1. The third kappa shape index (κ3) is 5.96. The molecule has 0 spiro atoms. The predicted octanol–water partition coefficient (Wildman–Crippen LogP) is 3.39. The second-order valence-electron chi connectivity index (χ2n) is 6.80. The summed E-state index contributed by atoms with van der Waals surface area (Å²) in [6, 6.07) is 9.26. The van der Waals surface area contributed by atoms with Gasteiger partial charge in [-0.3, -0.25) is 9.78 Å². The number of anilines is 1. The normalized spacial score (nSPS) is 14.6. The first-order valence-corrected chi connectivity index (χ1v) is 9.45. The molecule has 1 saturated heterocycles. The fraction of sp³-hybridized carbons (Fsp3) is 0.429. The van der Waals surface area contributed by atoms with Gasteiger partial charge in [0, 0.05) is 36.1 Å². The minimum Gasteiger partial charge on any atom is -0.493 e. The lowest BCUT2D eigenvalue weighted by Crippen LogP contribution is -2.28. The molecular formula is C21H27N3O3. The van der Waals surface area contributed by atoms with Gasteiger partial charge in [0.05, 0.1) is 7.11 Å². The number of piperidine rings is 1. The summed E-state index contributed by atoms with van der Waals surface area (Å²) in [6.45, 7) is 2.50. The second kappa shape index (κ2) is 9.92. The van der Waals surface area contributed by atoms with E-state index in [2.05, 4.69) is 15.6 Å². The topological polar surface area (TPSA) is 72.5 Å². The van der Waals surface area contributed by atoms with Crippen molar-refractivity contribution in [3.63, 3.8) is 0 Å². The molecule has 3 rings (SSSR count). The first-order chi connectivity index (χ1) is 13.2. The van der Waals surface area contributed by atoms with Crippen molar-refractivity contribution in [1.29, 1.82) is 0 Å². The molecule has 1 aromatic carbocycles. The number of hydrogen-bond donors (Lipinski definition) is 2.